The monoisotopic (exact) mass is 712 g/mol. The minimum atomic E-state index is -5.13. The Morgan fingerprint density at radius 3 is 1.64 bits per heavy atom. The van der Waals surface area contributed by atoms with Gasteiger partial charge in [0, 0.05) is 13.3 Å². The molecule has 10 nitrogen and oxygen atoms in total. The second kappa shape index (κ2) is 23.6. The van der Waals surface area contributed by atoms with Crippen LogP contribution in [0.1, 0.15) is 104 Å². The van der Waals surface area contributed by atoms with Crippen molar-refractivity contribution in [2.45, 2.75) is 104 Å². The van der Waals surface area contributed by atoms with E-state index in [1.54, 1.807) is 0 Å². The van der Waals surface area contributed by atoms with Crippen LogP contribution in [0.2, 0.25) is 0 Å². The zero-order valence-electron chi connectivity index (χ0n) is 19.8. The minimum absolute atomic E-state index is 0. The Hall–Kier alpha value is -0.178. The van der Waals surface area contributed by atoms with Crippen LogP contribution in [0.5, 0.6) is 0 Å². The predicted octanol–water partition coefficient (Wildman–Crippen LogP) is 4.10. The van der Waals surface area contributed by atoms with E-state index in [-0.39, 0.29) is 27.3 Å². The molecule has 0 spiro atoms. The first-order valence-corrected chi connectivity index (χ1v) is 13.9. The maximum atomic E-state index is 11.1. The first-order chi connectivity index (χ1) is 14.9. The van der Waals surface area contributed by atoms with Gasteiger partial charge in [0.25, 0.3) is 0 Å². The normalized spacial score (nSPS) is 11.4. The number of esters is 2. The number of ether oxygens (including phenoxy) is 1. The van der Waals surface area contributed by atoms with Crippen LogP contribution in [-0.4, -0.2) is 62.0 Å². The first-order valence-electron chi connectivity index (χ1n) is 11.0. The molecule has 2 radical (unpaired) electrons. The molecule has 0 aromatic carbocycles. The number of carbonyl (C=O) groups excluding carboxylic acids is 2. The number of hydrogen-bond donors (Lipinski definition) is 3. The quantitative estimate of drug-likeness (QED) is 0.0381. The zero-order chi connectivity index (χ0) is 24.9. The molecule has 33 heavy (non-hydrogen) atoms. The van der Waals surface area contributed by atoms with Crippen LogP contribution in [-0.2, 0) is 33.3 Å². The third-order valence-corrected chi connectivity index (χ3v) is 5.62. The summed E-state index contributed by atoms with van der Waals surface area (Å²) in [5, 5.41) is 0. The van der Waals surface area contributed by atoms with Crippen LogP contribution in [0.4, 0.5) is 0 Å². The fourth-order valence-electron chi connectivity index (χ4n) is 2.67. The van der Waals surface area contributed by atoms with Crippen molar-refractivity contribution in [1.29, 1.82) is 0 Å². The molecule has 3 N–H and O–H groups in total. The van der Waals surface area contributed by atoms with Gasteiger partial charge in [-0.1, -0.05) is 70.4 Å². The van der Waals surface area contributed by atoms with Crippen molar-refractivity contribution in [2.24, 2.45) is 0 Å². The molecule has 0 fully saturated rings. The fraction of sp³-hybridized carbons (Fsp3) is 0.800. The van der Waals surface area contributed by atoms with Gasteiger partial charge in [-0.25, -0.2) is 4.57 Å². The van der Waals surface area contributed by atoms with Crippen LogP contribution in [0.15, 0.2) is 12.2 Å². The van der Waals surface area contributed by atoms with Crippen molar-refractivity contribution in [3.63, 3.8) is 0 Å². The van der Waals surface area contributed by atoms with Crippen molar-refractivity contribution < 1.29 is 45.6 Å². The summed E-state index contributed by atoms with van der Waals surface area (Å²) in [6.07, 6.45) is 21.0. The van der Waals surface area contributed by atoms with Gasteiger partial charge in [-0.2, -0.15) is 8.42 Å². The van der Waals surface area contributed by atoms with Gasteiger partial charge in [-0.05, 0) is 32.1 Å². The molecule has 0 aromatic rings. The Balaban J connectivity index is -0.000000760. The molecule has 0 unspecified atom stereocenters. The molecule has 196 valence electrons. The Labute approximate surface area is 218 Å². The standard InChI is InChI=1S/C20H36O3.H3O7PS.Pb.2H/c1-3-4-5-6-7-8-9-10-11-12-13-14-15-16-17-18-20(22)23-19(2)21;1-8(2,3)7-9(4,5)6;;;/h10-11H,3-9,12-18H2,1-2H3;(H2,1,2,3)(H,4,5,6);;;/b11-10-;;;;. The molecular formula is C20H41O10PPbS. The van der Waals surface area contributed by atoms with Gasteiger partial charge < -0.3 is 14.5 Å². The van der Waals surface area contributed by atoms with Crippen LogP contribution in [0.25, 0.3) is 0 Å². The molecule has 0 bridgehead atoms. The van der Waals surface area contributed by atoms with E-state index in [4.69, 9.17) is 14.3 Å². The van der Waals surface area contributed by atoms with Gasteiger partial charge in [-0.15, -0.1) is 3.97 Å². The third kappa shape index (κ3) is 39.3. The van der Waals surface area contributed by atoms with E-state index in [0.29, 0.717) is 6.42 Å². The number of hydrogen-bond acceptors (Lipinski definition) is 7. The summed E-state index contributed by atoms with van der Waals surface area (Å²) in [5.41, 5.74) is 0. The summed E-state index contributed by atoms with van der Waals surface area (Å²) in [4.78, 5) is 37.1. The molecule has 0 atom stereocenters. The number of unbranched alkanes of at least 4 members (excludes halogenated alkanes) is 11. The van der Waals surface area contributed by atoms with Gasteiger partial charge in [-0.3, -0.25) is 14.1 Å². The van der Waals surface area contributed by atoms with Gasteiger partial charge in [0.05, 0.1) is 0 Å². The van der Waals surface area contributed by atoms with E-state index in [9.17, 15) is 22.6 Å². The Morgan fingerprint density at radius 2 is 1.27 bits per heavy atom. The molecule has 0 heterocycles. The molecule has 0 aliphatic carbocycles. The number of rotatable bonds is 17. The van der Waals surface area contributed by atoms with Crippen molar-refractivity contribution >= 4 is 57.5 Å². The summed E-state index contributed by atoms with van der Waals surface area (Å²) in [5.74, 6) is -0.905. The summed E-state index contributed by atoms with van der Waals surface area (Å²) < 4.78 is 43.5. The Bertz CT molecular complexity index is 676. The van der Waals surface area contributed by atoms with Crippen LogP contribution < -0.4 is 0 Å². The average Bonchev–Trinajstić information content (AvgIpc) is 2.62. The average molecular weight is 712 g/mol. The van der Waals surface area contributed by atoms with Crippen LogP contribution in [0.3, 0.4) is 0 Å². The number of phosphoric acid groups is 1. The van der Waals surface area contributed by atoms with E-state index in [1.165, 1.54) is 71.1 Å². The second-order valence-corrected chi connectivity index (χ2v) is 9.73. The number of carbonyl (C=O) groups is 2. The summed E-state index contributed by atoms with van der Waals surface area (Å²) in [6.45, 7) is 3.52. The van der Waals surface area contributed by atoms with Crippen molar-refractivity contribution in [2.75, 3.05) is 0 Å². The van der Waals surface area contributed by atoms with Gasteiger partial charge in [0.2, 0.25) is 0 Å². The third-order valence-electron chi connectivity index (χ3n) is 4.09. The van der Waals surface area contributed by atoms with Gasteiger partial charge in [0.15, 0.2) is 0 Å². The van der Waals surface area contributed by atoms with Gasteiger partial charge >= 0.3 is 57.5 Å². The first kappa shape index (κ1) is 37.4. The molecule has 0 saturated carbocycles. The Morgan fingerprint density at radius 1 is 0.848 bits per heavy atom. The zero-order valence-corrected chi connectivity index (χ0v) is 27.0. The molecule has 0 aliphatic rings. The van der Waals surface area contributed by atoms with Gasteiger partial charge in [0.1, 0.15) is 0 Å². The molecular weight excluding hydrogens is 670 g/mol. The second-order valence-electron chi connectivity index (χ2n) is 7.29. The SMILES string of the molecule is CCCCCCCC/C=C\CCCCCCCC(=O)OC(C)=O.O=P(O)(O)OS(=O)(=O)O.[PbH2]. The molecule has 0 saturated heterocycles. The van der Waals surface area contributed by atoms with E-state index in [2.05, 4.69) is 27.8 Å². The molecule has 0 rings (SSSR count). The summed E-state index contributed by atoms with van der Waals surface area (Å²) in [7, 11) is -10.2. The van der Waals surface area contributed by atoms with Crippen molar-refractivity contribution in [3.05, 3.63) is 12.2 Å². The van der Waals surface area contributed by atoms with Crippen molar-refractivity contribution in [1.82, 2.24) is 0 Å². The van der Waals surface area contributed by atoms with Crippen LogP contribution >= 0.6 is 7.82 Å². The van der Waals surface area contributed by atoms with E-state index in [1.807, 2.05) is 0 Å². The van der Waals surface area contributed by atoms with Crippen LogP contribution in [0, 0.1) is 0 Å². The maximum absolute atomic E-state index is 11.1. The fourth-order valence-corrected chi connectivity index (χ4v) is 3.66. The van der Waals surface area contributed by atoms with E-state index >= 15 is 0 Å². The van der Waals surface area contributed by atoms with E-state index < -0.39 is 30.2 Å². The molecule has 0 aliphatic heterocycles. The van der Waals surface area contributed by atoms with E-state index in [0.717, 1.165) is 19.3 Å². The Kier molecular flexibility index (Phi) is 26.7. The predicted molar refractivity (Wildman–Crippen MR) is 129 cm³/mol. The number of allylic oxidation sites excluding steroid dienone is 2. The molecule has 0 aromatic heterocycles. The topological polar surface area (TPSA) is 164 Å². The van der Waals surface area contributed by atoms with Crippen molar-refractivity contribution in [3.8, 4) is 0 Å². The molecule has 0 amide bonds. The molecule has 13 heteroatoms. The summed E-state index contributed by atoms with van der Waals surface area (Å²) in [6, 6.07) is 0. The summed E-state index contributed by atoms with van der Waals surface area (Å²) >= 11 is 0.